The number of ketones is 1. The van der Waals surface area contributed by atoms with Crippen LogP contribution in [0.25, 0.3) is 5.70 Å². The van der Waals surface area contributed by atoms with Crippen LogP contribution in [-0.2, 0) is 9.63 Å². The third-order valence-corrected chi connectivity index (χ3v) is 6.79. The molecule has 1 aliphatic carbocycles. The van der Waals surface area contributed by atoms with Crippen molar-refractivity contribution < 1.29 is 9.63 Å². The first-order valence-corrected chi connectivity index (χ1v) is 13.0. The second kappa shape index (κ2) is 12.3. The Hall–Kier alpha value is -2.73. The van der Waals surface area contributed by atoms with Gasteiger partial charge >= 0.3 is 0 Å². The molecule has 6 heteroatoms. The van der Waals surface area contributed by atoms with E-state index in [2.05, 4.69) is 43.1 Å². The summed E-state index contributed by atoms with van der Waals surface area (Å²) >= 11 is 0. The maximum Gasteiger partial charge on any atom is 0.261 e. The molecule has 1 aromatic carbocycles. The number of carbonyl (C=O) groups is 1. The van der Waals surface area contributed by atoms with Crippen molar-refractivity contribution in [3.8, 4) is 0 Å². The van der Waals surface area contributed by atoms with E-state index >= 15 is 0 Å². The van der Waals surface area contributed by atoms with Gasteiger partial charge in [0.25, 0.3) is 5.90 Å². The lowest BCUT2D eigenvalue weighted by atomic mass is 9.72. The highest BCUT2D eigenvalue weighted by Gasteiger charge is 2.32. The predicted octanol–water partition coefficient (Wildman–Crippen LogP) is 6.32. The molecule has 2 N–H and O–H groups in total. The van der Waals surface area contributed by atoms with Crippen LogP contribution in [0.5, 0.6) is 0 Å². The number of hydrogen-bond acceptors (Lipinski definition) is 6. The Kier molecular flexibility index (Phi) is 9.44. The molecule has 0 bridgehead atoms. The number of allylic oxidation sites excluding steroid dienone is 1. The molecule has 0 saturated carbocycles. The monoisotopic (exact) mass is 478 g/mol. The van der Waals surface area contributed by atoms with E-state index < -0.39 is 0 Å². The van der Waals surface area contributed by atoms with Crippen molar-refractivity contribution in [1.29, 1.82) is 0 Å². The maximum absolute atomic E-state index is 11.7. The van der Waals surface area contributed by atoms with Gasteiger partial charge < -0.3 is 10.2 Å². The summed E-state index contributed by atoms with van der Waals surface area (Å²) in [7, 11) is 1.83. The van der Waals surface area contributed by atoms with E-state index in [1.807, 2.05) is 38.2 Å². The van der Waals surface area contributed by atoms with Gasteiger partial charge in [0, 0.05) is 32.1 Å². The van der Waals surface area contributed by atoms with Crippen molar-refractivity contribution >= 4 is 23.1 Å². The Morgan fingerprint density at radius 2 is 1.97 bits per heavy atom. The number of carbonyl (C=O) groups excluding carboxylic acids is 1. The maximum atomic E-state index is 11.7. The Morgan fingerprint density at radius 3 is 2.63 bits per heavy atom. The van der Waals surface area contributed by atoms with E-state index in [4.69, 9.17) is 9.83 Å². The Bertz CT molecular complexity index is 1000. The highest BCUT2D eigenvalue weighted by molar-refractivity contribution is 6.45. The van der Waals surface area contributed by atoms with Crippen molar-refractivity contribution in [2.75, 3.05) is 13.6 Å². The van der Waals surface area contributed by atoms with Crippen LogP contribution in [-0.4, -0.2) is 31.0 Å². The average Bonchev–Trinajstić information content (AvgIpc) is 3.31. The first-order chi connectivity index (χ1) is 16.8. The first kappa shape index (κ1) is 26.9. The predicted molar refractivity (Wildman–Crippen MR) is 145 cm³/mol. The molecule has 1 heterocycles. The van der Waals surface area contributed by atoms with Crippen LogP contribution in [0.4, 0.5) is 0 Å². The van der Waals surface area contributed by atoms with Gasteiger partial charge in [-0.3, -0.25) is 9.79 Å². The molecule has 2 aliphatic rings. The molecule has 0 fully saturated rings. The van der Waals surface area contributed by atoms with Crippen LogP contribution in [0.2, 0.25) is 0 Å². The molecule has 6 nitrogen and oxygen atoms in total. The summed E-state index contributed by atoms with van der Waals surface area (Å²) < 4.78 is 0. The Balaban J connectivity index is 1.68. The van der Waals surface area contributed by atoms with Crippen LogP contribution in [0.1, 0.15) is 96.4 Å². The van der Waals surface area contributed by atoms with Gasteiger partial charge in [-0.05, 0) is 54.2 Å². The second-order valence-electron chi connectivity index (χ2n) is 10.4. The van der Waals surface area contributed by atoms with E-state index in [0.717, 1.165) is 61.1 Å². The fourth-order valence-corrected chi connectivity index (χ4v) is 4.86. The highest BCUT2D eigenvalue weighted by atomic mass is 16.7. The minimum Gasteiger partial charge on any atom is -0.385 e. The minimum atomic E-state index is -0.279. The number of Topliss-reactive ketones (excluding diaryl/α,β-unsaturated/α-hetero) is 1. The van der Waals surface area contributed by atoms with E-state index in [9.17, 15) is 4.79 Å². The summed E-state index contributed by atoms with van der Waals surface area (Å²) in [5, 5.41) is 3.26. The van der Waals surface area contributed by atoms with E-state index in [1.165, 1.54) is 11.1 Å². The van der Waals surface area contributed by atoms with Crippen molar-refractivity contribution in [2.24, 2.45) is 15.4 Å². The smallest absolute Gasteiger partial charge is 0.261 e. The second-order valence-corrected chi connectivity index (χ2v) is 10.4. The van der Waals surface area contributed by atoms with Crippen LogP contribution >= 0.6 is 0 Å². The van der Waals surface area contributed by atoms with Gasteiger partial charge in [-0.15, -0.1) is 5.48 Å². The van der Waals surface area contributed by atoms with Gasteiger partial charge in [0.15, 0.2) is 6.17 Å². The Morgan fingerprint density at radius 1 is 1.23 bits per heavy atom. The zero-order valence-electron chi connectivity index (χ0n) is 22.2. The lowest BCUT2D eigenvalue weighted by Gasteiger charge is -2.33. The standard InChI is InChI=1S/C29H42N4O2/c1-7-9-23-19-29(4,5)17-15-25(23)26(30-6)28-32-27(33-35-28)22-13-11-21(12-14-22)20(3)31-18-16-24(34)10-8-2/h11-14,27,31,33H,3,7-10,15-19H2,1-2,4-6H3. The molecule has 1 unspecified atom stereocenters. The molecule has 3 rings (SSSR count). The lowest BCUT2D eigenvalue weighted by Crippen LogP contribution is -2.27. The van der Waals surface area contributed by atoms with E-state index in [1.54, 1.807) is 0 Å². The number of nitrogens with zero attached hydrogens (tertiary/aromatic N) is 2. The summed E-state index contributed by atoms with van der Waals surface area (Å²) in [5.41, 5.74) is 9.90. The summed E-state index contributed by atoms with van der Waals surface area (Å²) in [6.07, 6.45) is 7.26. The third-order valence-electron chi connectivity index (χ3n) is 6.79. The van der Waals surface area contributed by atoms with Gasteiger partial charge in [0.2, 0.25) is 0 Å². The average molecular weight is 479 g/mol. The topological polar surface area (TPSA) is 75.1 Å². The number of benzene rings is 1. The molecular formula is C29H42N4O2. The van der Waals surface area contributed by atoms with E-state index in [-0.39, 0.29) is 11.9 Å². The molecule has 0 saturated heterocycles. The normalized spacial score (nSPS) is 19.9. The van der Waals surface area contributed by atoms with Crippen molar-refractivity contribution in [1.82, 2.24) is 10.8 Å². The summed E-state index contributed by atoms with van der Waals surface area (Å²) in [6.45, 7) is 13.7. The molecule has 0 aromatic heterocycles. The number of nitrogens with one attached hydrogen (secondary N) is 2. The molecular weight excluding hydrogens is 436 g/mol. The van der Waals surface area contributed by atoms with Gasteiger partial charge in [-0.2, -0.15) is 0 Å². The molecule has 0 radical (unpaired) electrons. The fourth-order valence-electron chi connectivity index (χ4n) is 4.86. The quantitative estimate of drug-likeness (QED) is 0.345. The Labute approximate surface area is 211 Å². The number of hydroxylamine groups is 1. The zero-order chi connectivity index (χ0) is 25.4. The minimum absolute atomic E-state index is 0.279. The number of rotatable bonds is 12. The fraction of sp³-hybridized carbons (Fsp3) is 0.552. The lowest BCUT2D eigenvalue weighted by molar-refractivity contribution is -0.118. The molecule has 35 heavy (non-hydrogen) atoms. The van der Waals surface area contributed by atoms with Crippen molar-refractivity contribution in [3.63, 3.8) is 0 Å². The van der Waals surface area contributed by atoms with Crippen molar-refractivity contribution in [3.05, 3.63) is 53.1 Å². The van der Waals surface area contributed by atoms with Crippen LogP contribution < -0.4 is 10.8 Å². The van der Waals surface area contributed by atoms with Gasteiger partial charge in [-0.25, -0.2) is 4.99 Å². The number of aliphatic imine (C=N–C) groups is 2. The molecule has 1 aromatic rings. The largest absolute Gasteiger partial charge is 0.385 e. The summed E-state index contributed by atoms with van der Waals surface area (Å²) in [5.74, 6) is 0.862. The van der Waals surface area contributed by atoms with Crippen LogP contribution in [0.15, 0.2) is 52.0 Å². The van der Waals surface area contributed by atoms with Gasteiger partial charge in [0.1, 0.15) is 11.5 Å². The molecule has 1 atom stereocenters. The summed E-state index contributed by atoms with van der Waals surface area (Å²) in [6, 6.07) is 8.11. The number of hydrogen-bond donors (Lipinski definition) is 2. The van der Waals surface area contributed by atoms with Gasteiger partial charge in [0.05, 0.1) is 0 Å². The molecule has 190 valence electrons. The van der Waals surface area contributed by atoms with Gasteiger partial charge in [-0.1, -0.05) is 70.5 Å². The zero-order valence-corrected chi connectivity index (χ0v) is 22.2. The van der Waals surface area contributed by atoms with Crippen molar-refractivity contribution in [2.45, 2.75) is 85.2 Å². The third kappa shape index (κ3) is 7.14. The molecule has 1 aliphatic heterocycles. The highest BCUT2D eigenvalue weighted by Crippen LogP contribution is 2.41. The summed E-state index contributed by atoms with van der Waals surface area (Å²) in [4.78, 5) is 27.0. The first-order valence-electron chi connectivity index (χ1n) is 13.0. The van der Waals surface area contributed by atoms with E-state index in [0.29, 0.717) is 30.7 Å². The molecule has 0 amide bonds. The SMILES string of the molecule is C=C(NCCC(=O)CCC)c1ccc(C2N=C(C(=NC)C3=C(CCC)CC(C)(C)CC3)ON2)cc1. The van der Waals surface area contributed by atoms with Crippen LogP contribution in [0, 0.1) is 5.41 Å². The molecule has 0 spiro atoms. The van der Waals surface area contributed by atoms with Crippen LogP contribution in [0.3, 0.4) is 0 Å².